The molecule has 0 spiro atoms. The molecule has 3 heterocycles. The van der Waals surface area contributed by atoms with Gasteiger partial charge in [-0.25, -0.2) is 4.39 Å². The summed E-state index contributed by atoms with van der Waals surface area (Å²) < 4.78 is 28.6. The lowest BCUT2D eigenvalue weighted by Crippen LogP contribution is -2.21. The molecule has 0 aliphatic heterocycles. The maximum absolute atomic E-state index is 15.4. The largest absolute Gasteiger partial charge is 0.466 e. The van der Waals surface area contributed by atoms with E-state index in [1.54, 1.807) is 61.5 Å². The highest BCUT2D eigenvalue weighted by Crippen LogP contribution is 2.41. The molecule has 13 nitrogen and oxygen atoms in total. The second-order valence-electron chi connectivity index (χ2n) is 10.5. The first kappa shape index (κ1) is 29.4. The molecule has 230 valence electrons. The van der Waals surface area contributed by atoms with Gasteiger partial charge < -0.3 is 20.5 Å². The van der Waals surface area contributed by atoms with Crippen LogP contribution in [0.15, 0.2) is 59.8 Å². The lowest BCUT2D eigenvalue weighted by atomic mass is 10.0. The Hall–Kier alpha value is -5.66. The van der Waals surface area contributed by atoms with Crippen LogP contribution in [-0.4, -0.2) is 47.8 Å². The molecule has 0 unspecified atom stereocenters. The number of anilines is 3. The highest BCUT2D eigenvalue weighted by Gasteiger charge is 2.26. The van der Waals surface area contributed by atoms with Crippen LogP contribution in [0.4, 0.5) is 22.0 Å². The van der Waals surface area contributed by atoms with Gasteiger partial charge in [0.05, 0.1) is 29.6 Å². The van der Waals surface area contributed by atoms with Crippen LogP contribution in [0.25, 0.3) is 27.8 Å². The molecule has 0 bridgehead atoms. The first-order valence-corrected chi connectivity index (χ1v) is 14.3. The maximum atomic E-state index is 15.4. The minimum atomic E-state index is -0.840. The Kier molecular flexibility index (Phi) is 7.94. The van der Waals surface area contributed by atoms with E-state index in [-0.39, 0.29) is 42.0 Å². The number of carbonyl (C=O) groups is 2. The first-order valence-electron chi connectivity index (χ1n) is 14.3. The van der Waals surface area contributed by atoms with E-state index in [0.29, 0.717) is 28.1 Å². The third-order valence-corrected chi connectivity index (χ3v) is 7.26. The van der Waals surface area contributed by atoms with Gasteiger partial charge in [0.15, 0.2) is 5.82 Å². The fraction of sp³-hybridized carbons (Fsp3) is 0.258. The van der Waals surface area contributed by atoms with E-state index in [0.717, 1.165) is 18.4 Å². The van der Waals surface area contributed by atoms with Crippen molar-refractivity contribution >= 4 is 40.3 Å². The molecule has 14 heteroatoms. The van der Waals surface area contributed by atoms with E-state index in [9.17, 15) is 14.4 Å². The lowest BCUT2D eigenvalue weighted by molar-refractivity contribution is -0.155. The highest BCUT2D eigenvalue weighted by molar-refractivity contribution is 5.91. The van der Waals surface area contributed by atoms with Gasteiger partial charge in [0, 0.05) is 30.6 Å². The number of pyridine rings is 1. The number of nitrogen functional groups attached to an aromatic ring is 1. The summed E-state index contributed by atoms with van der Waals surface area (Å²) in [5.74, 6) is -1.74. The molecular weight excluding hydrogens is 583 g/mol. The minimum Gasteiger partial charge on any atom is -0.466 e. The van der Waals surface area contributed by atoms with E-state index in [4.69, 9.17) is 15.2 Å². The van der Waals surface area contributed by atoms with Crippen molar-refractivity contribution in [2.75, 3.05) is 17.7 Å². The molecule has 1 fully saturated rings. The fourth-order valence-electron chi connectivity index (χ4n) is 5.07. The molecule has 3 N–H and O–H groups in total. The molecule has 1 aliphatic rings. The summed E-state index contributed by atoms with van der Waals surface area (Å²) in [6.07, 6.45) is 6.22. The van der Waals surface area contributed by atoms with E-state index in [2.05, 4.69) is 25.4 Å². The van der Waals surface area contributed by atoms with Gasteiger partial charge in [-0.05, 0) is 54.8 Å². The van der Waals surface area contributed by atoms with Crippen molar-refractivity contribution in [3.8, 4) is 17.1 Å². The van der Waals surface area contributed by atoms with Crippen molar-refractivity contribution in [3.63, 3.8) is 0 Å². The number of fused-ring (bicyclic) bond motifs is 1. The molecule has 3 aromatic heterocycles. The number of carbonyl (C=O) groups excluding carboxylic acids is 2. The van der Waals surface area contributed by atoms with Crippen molar-refractivity contribution in [1.29, 1.82) is 0 Å². The van der Waals surface area contributed by atoms with Gasteiger partial charge in [-0.1, -0.05) is 18.2 Å². The van der Waals surface area contributed by atoms with Crippen LogP contribution in [0.3, 0.4) is 0 Å². The number of aryl methyl sites for hydroxylation is 1. The third kappa shape index (κ3) is 6.34. The average Bonchev–Trinajstić information content (AvgIpc) is 3.77. The molecule has 1 saturated carbocycles. The van der Waals surface area contributed by atoms with Crippen LogP contribution >= 0.6 is 0 Å². The van der Waals surface area contributed by atoms with Gasteiger partial charge in [0.25, 0.3) is 5.56 Å². The maximum Gasteiger partial charge on any atom is 0.317 e. The number of aromatic nitrogens is 6. The highest BCUT2D eigenvalue weighted by atomic mass is 19.1. The Morgan fingerprint density at radius 3 is 2.64 bits per heavy atom. The molecule has 0 atom stereocenters. The van der Waals surface area contributed by atoms with Gasteiger partial charge in [0.1, 0.15) is 18.8 Å². The molecule has 6 rings (SSSR count). The van der Waals surface area contributed by atoms with Crippen LogP contribution in [0, 0.1) is 5.82 Å². The Bertz CT molecular complexity index is 2000. The van der Waals surface area contributed by atoms with E-state index < -0.39 is 29.7 Å². The Balaban J connectivity index is 1.45. The topological polar surface area (TPSA) is 169 Å². The van der Waals surface area contributed by atoms with Crippen LogP contribution < -0.4 is 16.6 Å². The predicted octanol–water partition coefficient (Wildman–Crippen LogP) is 3.91. The third-order valence-electron chi connectivity index (χ3n) is 7.26. The first-order chi connectivity index (χ1) is 21.7. The zero-order valence-electron chi connectivity index (χ0n) is 24.5. The minimum absolute atomic E-state index is 0.0649. The number of benzene rings is 2. The van der Waals surface area contributed by atoms with Crippen molar-refractivity contribution in [2.45, 2.75) is 38.7 Å². The summed E-state index contributed by atoms with van der Waals surface area (Å²) in [4.78, 5) is 51.2. The zero-order chi connectivity index (χ0) is 31.7. The summed E-state index contributed by atoms with van der Waals surface area (Å²) >= 11 is 0. The van der Waals surface area contributed by atoms with Gasteiger partial charge in [-0.15, -0.1) is 0 Å². The molecule has 0 saturated heterocycles. The van der Waals surface area contributed by atoms with Crippen LogP contribution in [0.5, 0.6) is 0 Å². The zero-order valence-corrected chi connectivity index (χ0v) is 24.5. The Morgan fingerprint density at radius 1 is 1.11 bits per heavy atom. The Labute approximate surface area is 255 Å². The number of ether oxygens (including phenoxy) is 2. The summed E-state index contributed by atoms with van der Waals surface area (Å²) in [6, 6.07) is 9.89. The fourth-order valence-corrected chi connectivity index (χ4v) is 5.07. The number of hydrogen-bond acceptors (Lipinski definition) is 11. The summed E-state index contributed by atoms with van der Waals surface area (Å²) in [5.41, 5.74) is 7.87. The summed E-state index contributed by atoms with van der Waals surface area (Å²) in [6.45, 7) is 1.35. The molecule has 5 aromatic rings. The summed E-state index contributed by atoms with van der Waals surface area (Å²) in [5, 5.41) is 7.56. The van der Waals surface area contributed by atoms with Crippen molar-refractivity contribution in [3.05, 3.63) is 82.3 Å². The van der Waals surface area contributed by atoms with E-state index in [1.807, 2.05) is 6.07 Å². The number of nitrogens with two attached hydrogens (primary N) is 1. The number of nitrogens with zero attached hydrogens (tertiary/aromatic N) is 6. The van der Waals surface area contributed by atoms with Crippen LogP contribution in [0.1, 0.15) is 43.2 Å². The number of rotatable bonds is 10. The SMILES string of the molecule is CCOC(=O)CC(=O)OCc1c(-c2nc(N)nc(Nc3cnn(C)c3)n2)cccc1-n1ccc2cc(C3CC3)cc(F)c2c1=O. The smallest absolute Gasteiger partial charge is 0.317 e. The molecular formula is C31H29FN8O5. The average molecular weight is 613 g/mol. The van der Waals surface area contributed by atoms with Gasteiger partial charge in [0.2, 0.25) is 11.9 Å². The number of hydrogen-bond donors (Lipinski definition) is 2. The van der Waals surface area contributed by atoms with Crippen molar-refractivity contribution < 1.29 is 23.5 Å². The number of esters is 2. The standard InChI is InChI=1S/C31H29FN8O5/c1-3-44-25(41)13-26(42)45-16-22-21(28-36-30(33)38-31(37-28)35-20-14-34-39(2)15-20)5-4-6-24(22)40-10-9-18-11-19(17-7-8-17)12-23(32)27(18)29(40)43/h4-6,9-12,14-15,17H,3,7-8,13,16H2,1-2H3,(H3,33,35,36,37,38). The van der Waals surface area contributed by atoms with Gasteiger partial charge in [-0.2, -0.15) is 20.1 Å². The normalized spacial score (nSPS) is 12.7. The van der Waals surface area contributed by atoms with Crippen molar-refractivity contribution in [2.24, 2.45) is 7.05 Å². The Morgan fingerprint density at radius 2 is 1.91 bits per heavy atom. The van der Waals surface area contributed by atoms with Crippen LogP contribution in [0.2, 0.25) is 0 Å². The molecule has 0 radical (unpaired) electrons. The second-order valence-corrected chi connectivity index (χ2v) is 10.5. The van der Waals surface area contributed by atoms with Gasteiger partial charge >= 0.3 is 11.9 Å². The summed E-state index contributed by atoms with van der Waals surface area (Å²) in [7, 11) is 1.76. The number of nitrogens with one attached hydrogen (secondary N) is 1. The molecule has 2 aromatic carbocycles. The predicted molar refractivity (Wildman–Crippen MR) is 162 cm³/mol. The van der Waals surface area contributed by atoms with Crippen LogP contribution in [-0.2, 0) is 32.7 Å². The molecule has 45 heavy (non-hydrogen) atoms. The van der Waals surface area contributed by atoms with Crippen molar-refractivity contribution in [1.82, 2.24) is 29.3 Å². The lowest BCUT2D eigenvalue weighted by Gasteiger charge is -2.17. The molecule has 1 aliphatic carbocycles. The van der Waals surface area contributed by atoms with E-state index >= 15 is 4.39 Å². The second kappa shape index (κ2) is 12.1. The monoisotopic (exact) mass is 612 g/mol. The van der Waals surface area contributed by atoms with E-state index in [1.165, 1.54) is 10.6 Å². The number of halogens is 1. The van der Waals surface area contributed by atoms with Gasteiger partial charge in [-0.3, -0.25) is 23.6 Å². The quantitative estimate of drug-likeness (QED) is 0.173. The molecule has 0 amide bonds.